The SMILES string of the molecule is CC(=O)Nc1ccc2c(C(=O)O)c[nH]c2c1. The van der Waals surface area contributed by atoms with Crippen molar-refractivity contribution >= 4 is 28.5 Å². The molecule has 0 aliphatic carbocycles. The summed E-state index contributed by atoms with van der Waals surface area (Å²) >= 11 is 0. The van der Waals surface area contributed by atoms with E-state index in [0.29, 0.717) is 16.6 Å². The molecule has 0 aliphatic rings. The van der Waals surface area contributed by atoms with E-state index in [1.165, 1.54) is 13.1 Å². The number of rotatable bonds is 2. The average Bonchev–Trinajstić information content (AvgIpc) is 2.59. The van der Waals surface area contributed by atoms with Crippen LogP contribution in [0.1, 0.15) is 17.3 Å². The summed E-state index contributed by atoms with van der Waals surface area (Å²) in [5.41, 5.74) is 1.55. The monoisotopic (exact) mass is 218 g/mol. The van der Waals surface area contributed by atoms with Crippen LogP contribution < -0.4 is 5.32 Å². The van der Waals surface area contributed by atoms with Crippen LogP contribution in [0.25, 0.3) is 10.9 Å². The largest absolute Gasteiger partial charge is 0.478 e. The minimum absolute atomic E-state index is 0.163. The number of aromatic amines is 1. The van der Waals surface area contributed by atoms with Crippen LogP contribution in [0.4, 0.5) is 5.69 Å². The zero-order valence-electron chi connectivity index (χ0n) is 8.57. The molecule has 0 saturated heterocycles. The molecule has 5 nitrogen and oxygen atoms in total. The van der Waals surface area contributed by atoms with E-state index in [4.69, 9.17) is 5.11 Å². The number of carbonyl (C=O) groups is 2. The smallest absolute Gasteiger partial charge is 0.337 e. The van der Waals surface area contributed by atoms with Crippen LogP contribution in [0, 0.1) is 0 Å². The van der Waals surface area contributed by atoms with Gasteiger partial charge in [-0.15, -0.1) is 0 Å². The Morgan fingerprint density at radius 1 is 1.38 bits per heavy atom. The van der Waals surface area contributed by atoms with Gasteiger partial charge in [0.1, 0.15) is 0 Å². The minimum Gasteiger partial charge on any atom is -0.478 e. The van der Waals surface area contributed by atoms with Crippen LogP contribution in [0.2, 0.25) is 0 Å². The fourth-order valence-corrected chi connectivity index (χ4v) is 1.58. The zero-order chi connectivity index (χ0) is 11.7. The van der Waals surface area contributed by atoms with Crippen molar-refractivity contribution in [3.8, 4) is 0 Å². The quantitative estimate of drug-likeness (QED) is 0.719. The molecule has 1 amide bonds. The summed E-state index contributed by atoms with van der Waals surface area (Å²) in [5, 5.41) is 12.2. The number of nitrogens with one attached hydrogen (secondary N) is 2. The Bertz CT molecular complexity index is 572. The van der Waals surface area contributed by atoms with Crippen LogP contribution in [0.15, 0.2) is 24.4 Å². The van der Waals surface area contributed by atoms with E-state index in [1.807, 2.05) is 0 Å². The van der Waals surface area contributed by atoms with Crippen molar-refractivity contribution in [3.05, 3.63) is 30.0 Å². The van der Waals surface area contributed by atoms with Gasteiger partial charge in [0, 0.05) is 29.7 Å². The highest BCUT2D eigenvalue weighted by molar-refractivity contribution is 6.04. The van der Waals surface area contributed by atoms with Gasteiger partial charge in [0.15, 0.2) is 0 Å². The van der Waals surface area contributed by atoms with Crippen molar-refractivity contribution in [2.75, 3.05) is 5.32 Å². The highest BCUT2D eigenvalue weighted by Crippen LogP contribution is 2.21. The van der Waals surface area contributed by atoms with Gasteiger partial charge in [0.2, 0.25) is 5.91 Å². The van der Waals surface area contributed by atoms with E-state index in [-0.39, 0.29) is 11.5 Å². The topological polar surface area (TPSA) is 82.2 Å². The Labute approximate surface area is 91.1 Å². The van der Waals surface area contributed by atoms with Crippen molar-refractivity contribution in [1.82, 2.24) is 4.98 Å². The molecule has 82 valence electrons. The molecule has 1 heterocycles. The Kier molecular flexibility index (Phi) is 2.36. The third-order valence-electron chi connectivity index (χ3n) is 2.23. The van der Waals surface area contributed by atoms with Crippen molar-refractivity contribution in [3.63, 3.8) is 0 Å². The second-order valence-electron chi connectivity index (χ2n) is 3.45. The second kappa shape index (κ2) is 3.69. The number of aromatic carboxylic acids is 1. The summed E-state index contributed by atoms with van der Waals surface area (Å²) in [6.45, 7) is 1.42. The zero-order valence-corrected chi connectivity index (χ0v) is 8.57. The van der Waals surface area contributed by atoms with E-state index in [1.54, 1.807) is 18.2 Å². The molecular formula is C11H10N2O3. The van der Waals surface area contributed by atoms with E-state index in [2.05, 4.69) is 10.3 Å². The summed E-state index contributed by atoms with van der Waals surface area (Å²) in [6.07, 6.45) is 1.44. The minimum atomic E-state index is -0.974. The summed E-state index contributed by atoms with van der Waals surface area (Å²) in [5.74, 6) is -1.14. The number of amides is 1. The number of hydrogen-bond acceptors (Lipinski definition) is 2. The molecule has 0 saturated carbocycles. The molecule has 0 fully saturated rings. The predicted molar refractivity (Wildman–Crippen MR) is 59.6 cm³/mol. The average molecular weight is 218 g/mol. The maximum atomic E-state index is 10.8. The van der Waals surface area contributed by atoms with Crippen LogP contribution in [-0.2, 0) is 4.79 Å². The second-order valence-corrected chi connectivity index (χ2v) is 3.45. The number of carbonyl (C=O) groups excluding carboxylic acids is 1. The van der Waals surface area contributed by atoms with Crippen molar-refractivity contribution in [2.24, 2.45) is 0 Å². The molecule has 0 atom stereocenters. The summed E-state index contributed by atoms with van der Waals surface area (Å²) in [4.78, 5) is 24.5. The maximum Gasteiger partial charge on any atom is 0.337 e. The number of aromatic nitrogens is 1. The van der Waals surface area contributed by atoms with Gasteiger partial charge in [-0.1, -0.05) is 0 Å². The number of benzene rings is 1. The highest BCUT2D eigenvalue weighted by atomic mass is 16.4. The molecule has 3 N–H and O–H groups in total. The molecule has 5 heteroatoms. The molecule has 2 rings (SSSR count). The van der Waals surface area contributed by atoms with Gasteiger partial charge in [-0.05, 0) is 18.2 Å². The first-order chi connectivity index (χ1) is 7.58. The first kappa shape index (κ1) is 10.2. The maximum absolute atomic E-state index is 10.8. The standard InChI is InChI=1S/C11H10N2O3/c1-6(14)13-7-2-3-8-9(11(15)16)5-12-10(8)4-7/h2-5,12H,1H3,(H,13,14)(H,15,16). The Hall–Kier alpha value is -2.30. The predicted octanol–water partition coefficient (Wildman–Crippen LogP) is 1.82. The lowest BCUT2D eigenvalue weighted by Crippen LogP contribution is -2.05. The normalized spacial score (nSPS) is 10.3. The van der Waals surface area contributed by atoms with Gasteiger partial charge < -0.3 is 15.4 Å². The van der Waals surface area contributed by atoms with Gasteiger partial charge in [-0.25, -0.2) is 4.79 Å². The highest BCUT2D eigenvalue weighted by Gasteiger charge is 2.10. The van der Waals surface area contributed by atoms with E-state index in [9.17, 15) is 9.59 Å². The van der Waals surface area contributed by atoms with Gasteiger partial charge in [0.05, 0.1) is 5.56 Å². The van der Waals surface area contributed by atoms with Crippen molar-refractivity contribution in [1.29, 1.82) is 0 Å². The molecule has 0 spiro atoms. The molecule has 1 aromatic heterocycles. The fourth-order valence-electron chi connectivity index (χ4n) is 1.58. The number of carboxylic acid groups (broad SMARTS) is 1. The van der Waals surface area contributed by atoms with Crippen LogP contribution in [-0.4, -0.2) is 22.0 Å². The van der Waals surface area contributed by atoms with E-state index >= 15 is 0 Å². The fraction of sp³-hybridized carbons (Fsp3) is 0.0909. The summed E-state index contributed by atoms with van der Waals surface area (Å²) in [6, 6.07) is 5.04. The van der Waals surface area contributed by atoms with Crippen molar-refractivity contribution in [2.45, 2.75) is 6.92 Å². The molecular weight excluding hydrogens is 208 g/mol. The van der Waals surface area contributed by atoms with Crippen molar-refractivity contribution < 1.29 is 14.7 Å². The third-order valence-corrected chi connectivity index (χ3v) is 2.23. The first-order valence-corrected chi connectivity index (χ1v) is 4.70. The molecule has 0 radical (unpaired) electrons. The number of H-pyrrole nitrogens is 1. The van der Waals surface area contributed by atoms with Crippen LogP contribution in [0.3, 0.4) is 0 Å². The van der Waals surface area contributed by atoms with Gasteiger partial charge in [-0.2, -0.15) is 0 Å². The van der Waals surface area contributed by atoms with Crippen LogP contribution >= 0.6 is 0 Å². The molecule has 2 aromatic rings. The van der Waals surface area contributed by atoms with E-state index < -0.39 is 5.97 Å². The van der Waals surface area contributed by atoms with E-state index in [0.717, 1.165) is 0 Å². The molecule has 0 aliphatic heterocycles. The lowest BCUT2D eigenvalue weighted by atomic mass is 10.1. The molecule has 0 bridgehead atoms. The Balaban J connectivity index is 2.49. The van der Waals surface area contributed by atoms with Gasteiger partial charge >= 0.3 is 5.97 Å². The van der Waals surface area contributed by atoms with Crippen LogP contribution in [0.5, 0.6) is 0 Å². The molecule has 16 heavy (non-hydrogen) atoms. The summed E-state index contributed by atoms with van der Waals surface area (Å²) in [7, 11) is 0. The lowest BCUT2D eigenvalue weighted by molar-refractivity contribution is -0.114. The number of fused-ring (bicyclic) bond motifs is 1. The number of carboxylic acids is 1. The lowest BCUT2D eigenvalue weighted by Gasteiger charge is -2.01. The first-order valence-electron chi connectivity index (χ1n) is 4.70. The molecule has 0 unspecified atom stereocenters. The Morgan fingerprint density at radius 3 is 2.75 bits per heavy atom. The number of hydrogen-bond donors (Lipinski definition) is 3. The summed E-state index contributed by atoms with van der Waals surface area (Å²) < 4.78 is 0. The van der Waals surface area contributed by atoms with Gasteiger partial charge in [0.25, 0.3) is 0 Å². The van der Waals surface area contributed by atoms with Gasteiger partial charge in [-0.3, -0.25) is 4.79 Å². The number of anilines is 1. The molecule has 1 aromatic carbocycles. The third kappa shape index (κ3) is 1.75. The Morgan fingerprint density at radius 2 is 2.12 bits per heavy atom.